The third-order valence-corrected chi connectivity index (χ3v) is 7.00. The number of sulfonamides is 1. The lowest BCUT2D eigenvalue weighted by Gasteiger charge is -2.43. The first-order chi connectivity index (χ1) is 11.4. The van der Waals surface area contributed by atoms with E-state index in [0.717, 1.165) is 25.9 Å². The molecule has 2 saturated heterocycles. The molecule has 0 bridgehead atoms. The van der Waals surface area contributed by atoms with E-state index in [2.05, 4.69) is 18.7 Å². The van der Waals surface area contributed by atoms with E-state index in [-0.39, 0.29) is 12.2 Å². The third-order valence-electron chi connectivity index (χ3n) is 4.84. The predicted molar refractivity (Wildman–Crippen MR) is 94.8 cm³/mol. The fourth-order valence-electron chi connectivity index (χ4n) is 3.72. The summed E-state index contributed by atoms with van der Waals surface area (Å²) in [7, 11) is -3.42. The van der Waals surface area contributed by atoms with Crippen LogP contribution in [0, 0.1) is 0 Å². The Labute approximate surface area is 149 Å². The molecule has 0 aromatic heterocycles. The van der Waals surface area contributed by atoms with Crippen LogP contribution in [0.25, 0.3) is 0 Å². The number of halogens is 1. The van der Waals surface area contributed by atoms with Gasteiger partial charge < -0.3 is 4.74 Å². The van der Waals surface area contributed by atoms with Crippen LogP contribution in [-0.2, 0) is 14.8 Å². The molecular weight excluding hydrogens is 348 g/mol. The normalized spacial score (nSPS) is 28.1. The van der Waals surface area contributed by atoms with Crippen molar-refractivity contribution in [1.82, 2.24) is 9.21 Å². The molecule has 0 spiro atoms. The van der Waals surface area contributed by atoms with Crippen LogP contribution >= 0.6 is 11.6 Å². The Morgan fingerprint density at radius 2 is 1.58 bits per heavy atom. The van der Waals surface area contributed by atoms with Crippen LogP contribution in [-0.4, -0.2) is 62.1 Å². The molecule has 0 radical (unpaired) electrons. The molecule has 0 amide bonds. The molecule has 0 N–H and O–H groups in total. The van der Waals surface area contributed by atoms with Gasteiger partial charge in [0, 0.05) is 37.2 Å². The molecule has 0 saturated carbocycles. The summed E-state index contributed by atoms with van der Waals surface area (Å²) in [6.07, 6.45) is 2.22. The van der Waals surface area contributed by atoms with E-state index in [9.17, 15) is 8.42 Å². The Morgan fingerprint density at radius 1 is 1.04 bits per heavy atom. The van der Waals surface area contributed by atoms with Crippen molar-refractivity contribution in [1.29, 1.82) is 0 Å². The topological polar surface area (TPSA) is 49.9 Å². The van der Waals surface area contributed by atoms with Crippen molar-refractivity contribution >= 4 is 21.6 Å². The molecule has 24 heavy (non-hydrogen) atoms. The lowest BCUT2D eigenvalue weighted by atomic mass is 10.0. The highest BCUT2D eigenvalue weighted by atomic mass is 35.5. The zero-order valence-corrected chi connectivity index (χ0v) is 15.8. The van der Waals surface area contributed by atoms with Crippen LogP contribution in [0.5, 0.6) is 0 Å². The molecule has 2 heterocycles. The lowest BCUT2D eigenvalue weighted by molar-refractivity contribution is -0.0847. The van der Waals surface area contributed by atoms with E-state index in [0.29, 0.717) is 29.0 Å². The first-order valence-corrected chi connectivity index (χ1v) is 10.3. The average molecular weight is 373 g/mol. The highest BCUT2D eigenvalue weighted by Crippen LogP contribution is 2.26. The van der Waals surface area contributed by atoms with Gasteiger partial charge in [0.1, 0.15) is 0 Å². The summed E-state index contributed by atoms with van der Waals surface area (Å²) in [6.45, 7) is 7.19. The summed E-state index contributed by atoms with van der Waals surface area (Å²) in [5.41, 5.74) is 0. The van der Waals surface area contributed by atoms with E-state index >= 15 is 0 Å². The summed E-state index contributed by atoms with van der Waals surface area (Å²) in [5, 5.41) is 0.545. The Morgan fingerprint density at radius 3 is 2.12 bits per heavy atom. The van der Waals surface area contributed by atoms with Gasteiger partial charge in [-0.1, -0.05) is 11.6 Å². The molecular formula is C17H25ClN2O3S. The van der Waals surface area contributed by atoms with Crippen molar-refractivity contribution in [3.63, 3.8) is 0 Å². The first kappa shape index (κ1) is 18.1. The van der Waals surface area contributed by atoms with Gasteiger partial charge in [0.15, 0.2) is 0 Å². The van der Waals surface area contributed by atoms with Crippen LogP contribution in [0.4, 0.5) is 0 Å². The molecule has 7 heteroatoms. The Kier molecular flexibility index (Phi) is 5.52. The Bertz CT molecular complexity index is 647. The second-order valence-corrected chi connectivity index (χ2v) is 9.17. The molecule has 1 aromatic rings. The highest BCUT2D eigenvalue weighted by molar-refractivity contribution is 7.89. The van der Waals surface area contributed by atoms with Gasteiger partial charge in [-0.25, -0.2) is 8.42 Å². The molecule has 2 atom stereocenters. The van der Waals surface area contributed by atoms with Crippen molar-refractivity contribution in [2.45, 2.75) is 49.8 Å². The number of ether oxygens (including phenoxy) is 1. The van der Waals surface area contributed by atoms with Gasteiger partial charge in [0.05, 0.1) is 17.1 Å². The fraction of sp³-hybridized carbons (Fsp3) is 0.647. The summed E-state index contributed by atoms with van der Waals surface area (Å²) < 4.78 is 32.9. The van der Waals surface area contributed by atoms with Gasteiger partial charge >= 0.3 is 0 Å². The SMILES string of the molecule is C[C@H]1CN(C2CCN(S(=O)(=O)c3ccc(Cl)cc3)CC2)C[C@H](C)O1. The molecule has 2 fully saturated rings. The molecule has 1 aromatic carbocycles. The zero-order valence-electron chi connectivity index (χ0n) is 14.2. The van der Waals surface area contributed by atoms with Crippen molar-refractivity contribution < 1.29 is 13.2 Å². The van der Waals surface area contributed by atoms with Gasteiger partial charge in [-0.2, -0.15) is 4.31 Å². The summed E-state index contributed by atoms with van der Waals surface area (Å²) in [4.78, 5) is 2.78. The van der Waals surface area contributed by atoms with Gasteiger partial charge in [0.25, 0.3) is 0 Å². The maximum absolute atomic E-state index is 12.7. The number of benzene rings is 1. The molecule has 2 aliphatic rings. The summed E-state index contributed by atoms with van der Waals surface area (Å²) in [5.74, 6) is 0. The van der Waals surface area contributed by atoms with Gasteiger partial charge in [-0.05, 0) is 51.0 Å². The predicted octanol–water partition coefficient (Wildman–Crippen LogP) is 2.60. The van der Waals surface area contributed by atoms with Crippen LogP contribution in [0.15, 0.2) is 29.2 Å². The molecule has 134 valence electrons. The monoisotopic (exact) mass is 372 g/mol. The van der Waals surface area contributed by atoms with Crippen LogP contribution < -0.4 is 0 Å². The largest absolute Gasteiger partial charge is 0.373 e. The van der Waals surface area contributed by atoms with Gasteiger partial charge in [-0.3, -0.25) is 4.90 Å². The van der Waals surface area contributed by atoms with E-state index in [1.165, 1.54) is 0 Å². The van der Waals surface area contributed by atoms with E-state index in [4.69, 9.17) is 16.3 Å². The molecule has 0 unspecified atom stereocenters. The second kappa shape index (κ2) is 7.30. The zero-order chi connectivity index (χ0) is 17.3. The van der Waals surface area contributed by atoms with E-state index < -0.39 is 10.0 Å². The number of hydrogen-bond acceptors (Lipinski definition) is 4. The molecule has 0 aliphatic carbocycles. The Balaban J connectivity index is 1.63. The van der Waals surface area contributed by atoms with Crippen molar-refractivity contribution in [3.05, 3.63) is 29.3 Å². The number of morpholine rings is 1. The number of piperidine rings is 1. The average Bonchev–Trinajstić information content (AvgIpc) is 2.54. The van der Waals surface area contributed by atoms with Gasteiger partial charge in [-0.15, -0.1) is 0 Å². The fourth-order valence-corrected chi connectivity index (χ4v) is 5.31. The van der Waals surface area contributed by atoms with Crippen LogP contribution in [0.3, 0.4) is 0 Å². The third kappa shape index (κ3) is 3.94. The molecule has 2 aliphatic heterocycles. The second-order valence-electron chi connectivity index (χ2n) is 6.80. The number of rotatable bonds is 3. The van der Waals surface area contributed by atoms with Gasteiger partial charge in [0.2, 0.25) is 10.0 Å². The van der Waals surface area contributed by atoms with E-state index in [1.54, 1.807) is 28.6 Å². The maximum atomic E-state index is 12.7. The summed E-state index contributed by atoms with van der Waals surface area (Å²) in [6, 6.07) is 6.84. The lowest BCUT2D eigenvalue weighted by Crippen LogP contribution is -2.53. The van der Waals surface area contributed by atoms with Crippen molar-refractivity contribution in [2.75, 3.05) is 26.2 Å². The Hall–Kier alpha value is -0.660. The molecule has 5 nitrogen and oxygen atoms in total. The number of hydrogen-bond donors (Lipinski definition) is 0. The van der Waals surface area contributed by atoms with Crippen molar-refractivity contribution in [3.8, 4) is 0 Å². The summed E-state index contributed by atoms with van der Waals surface area (Å²) >= 11 is 5.85. The standard InChI is InChI=1S/C17H25ClN2O3S/c1-13-11-19(12-14(2)23-13)16-7-9-20(10-8-16)24(21,22)17-5-3-15(18)4-6-17/h3-6,13-14,16H,7-12H2,1-2H3/t13-,14-/m0/s1. The highest BCUT2D eigenvalue weighted by Gasteiger charge is 2.34. The van der Waals surface area contributed by atoms with Crippen molar-refractivity contribution in [2.24, 2.45) is 0 Å². The quantitative estimate of drug-likeness (QED) is 0.818. The molecule has 3 rings (SSSR count). The first-order valence-electron chi connectivity index (χ1n) is 8.51. The smallest absolute Gasteiger partial charge is 0.243 e. The van der Waals surface area contributed by atoms with Crippen LogP contribution in [0.1, 0.15) is 26.7 Å². The minimum Gasteiger partial charge on any atom is -0.373 e. The maximum Gasteiger partial charge on any atom is 0.243 e. The minimum atomic E-state index is -3.42. The van der Waals surface area contributed by atoms with E-state index in [1.807, 2.05) is 0 Å². The number of nitrogens with zero attached hydrogens (tertiary/aromatic N) is 2. The minimum absolute atomic E-state index is 0.240. The van der Waals surface area contributed by atoms with Crippen LogP contribution in [0.2, 0.25) is 5.02 Å².